The molecule has 0 amide bonds. The van der Waals surface area contributed by atoms with Crippen molar-refractivity contribution in [2.45, 2.75) is 11.8 Å². The first-order chi connectivity index (χ1) is 9.83. The van der Waals surface area contributed by atoms with E-state index in [2.05, 4.69) is 19.4 Å². The van der Waals surface area contributed by atoms with Crippen LogP contribution in [0.2, 0.25) is 0 Å². The Morgan fingerprint density at radius 3 is 2.62 bits per heavy atom. The molecule has 0 radical (unpaired) electrons. The Morgan fingerprint density at radius 1 is 1.38 bits per heavy atom. The number of hydrogen-bond donors (Lipinski definition) is 2. The van der Waals surface area contributed by atoms with Crippen LogP contribution >= 0.6 is 11.5 Å². The minimum absolute atomic E-state index is 0.108. The van der Waals surface area contributed by atoms with Gasteiger partial charge in [0, 0.05) is 30.7 Å². The van der Waals surface area contributed by atoms with Crippen molar-refractivity contribution in [3.8, 4) is 0 Å². The van der Waals surface area contributed by atoms with Crippen molar-refractivity contribution in [2.75, 3.05) is 17.1 Å². The van der Waals surface area contributed by atoms with E-state index >= 15 is 0 Å². The van der Waals surface area contributed by atoms with E-state index < -0.39 is 14.9 Å². The van der Waals surface area contributed by atoms with Gasteiger partial charge in [0.2, 0.25) is 5.13 Å². The third-order valence-electron chi connectivity index (χ3n) is 2.48. The molecule has 0 bridgehead atoms. The van der Waals surface area contributed by atoms with Crippen LogP contribution in [0.3, 0.4) is 0 Å². The first kappa shape index (κ1) is 15.1. The second-order valence-electron chi connectivity index (χ2n) is 3.94. The molecule has 0 unspecified atom stereocenters. The lowest BCUT2D eigenvalue weighted by Crippen LogP contribution is -2.14. The number of non-ortho nitro benzene ring substituents is 1. The Bertz CT molecular complexity index is 786. The molecular weight excluding hydrogens is 318 g/mol. The SMILES string of the molecule is CNc1cc([N+](=O)[O-])ccc1S(=O)(=O)Nc1nc(C)ns1. The molecule has 0 aliphatic rings. The number of nitro benzene ring substituents is 1. The lowest BCUT2D eigenvalue weighted by molar-refractivity contribution is -0.384. The summed E-state index contributed by atoms with van der Waals surface area (Å²) >= 11 is 0.913. The van der Waals surface area contributed by atoms with Gasteiger partial charge < -0.3 is 5.32 Å². The minimum atomic E-state index is -3.91. The Balaban J connectivity index is 2.42. The van der Waals surface area contributed by atoms with E-state index in [-0.39, 0.29) is 21.4 Å². The lowest BCUT2D eigenvalue weighted by atomic mass is 10.3. The van der Waals surface area contributed by atoms with Gasteiger partial charge in [-0.15, -0.1) is 0 Å². The molecule has 0 aliphatic carbocycles. The van der Waals surface area contributed by atoms with Gasteiger partial charge >= 0.3 is 0 Å². The molecule has 1 heterocycles. The van der Waals surface area contributed by atoms with Crippen molar-refractivity contribution in [1.29, 1.82) is 0 Å². The van der Waals surface area contributed by atoms with E-state index in [0.717, 1.165) is 23.7 Å². The van der Waals surface area contributed by atoms with E-state index in [9.17, 15) is 18.5 Å². The van der Waals surface area contributed by atoms with Crippen molar-refractivity contribution >= 4 is 38.1 Å². The standard InChI is InChI=1S/C10H11N5O4S2/c1-6-12-10(20-13-6)14-21(18,19)9-4-3-7(15(16)17)5-8(9)11-2/h3-5,11H,1-2H3,(H,12,13,14). The maximum atomic E-state index is 12.3. The van der Waals surface area contributed by atoms with Crippen LogP contribution in [0.25, 0.3) is 0 Å². The molecule has 0 saturated carbocycles. The minimum Gasteiger partial charge on any atom is -0.387 e. The second kappa shape index (κ2) is 5.61. The van der Waals surface area contributed by atoms with E-state index in [1.54, 1.807) is 6.92 Å². The average Bonchev–Trinajstić information content (AvgIpc) is 2.82. The van der Waals surface area contributed by atoms with Gasteiger partial charge in [0.1, 0.15) is 10.7 Å². The number of nitrogens with zero attached hydrogens (tertiary/aromatic N) is 3. The summed E-state index contributed by atoms with van der Waals surface area (Å²) in [6.07, 6.45) is 0. The van der Waals surface area contributed by atoms with Gasteiger partial charge in [-0.05, 0) is 13.0 Å². The van der Waals surface area contributed by atoms with Gasteiger partial charge in [0.25, 0.3) is 15.7 Å². The molecule has 2 rings (SSSR count). The maximum absolute atomic E-state index is 12.3. The normalized spacial score (nSPS) is 11.1. The lowest BCUT2D eigenvalue weighted by Gasteiger charge is -2.10. The number of benzene rings is 1. The molecule has 0 saturated heterocycles. The largest absolute Gasteiger partial charge is 0.387 e. The highest BCUT2D eigenvalue weighted by Crippen LogP contribution is 2.28. The van der Waals surface area contributed by atoms with Crippen LogP contribution in [0.4, 0.5) is 16.5 Å². The molecule has 11 heteroatoms. The number of rotatable bonds is 5. The third kappa shape index (κ3) is 3.25. The fraction of sp³-hybridized carbons (Fsp3) is 0.200. The maximum Gasteiger partial charge on any atom is 0.271 e. The van der Waals surface area contributed by atoms with E-state index in [4.69, 9.17) is 0 Å². The molecular formula is C10H11N5O4S2. The molecule has 1 aromatic heterocycles. The van der Waals surface area contributed by atoms with E-state index in [0.29, 0.717) is 5.82 Å². The van der Waals surface area contributed by atoms with Crippen LogP contribution in [0.15, 0.2) is 23.1 Å². The molecule has 2 aromatic rings. The summed E-state index contributed by atoms with van der Waals surface area (Å²) in [5, 5.41) is 13.5. The van der Waals surface area contributed by atoms with Gasteiger partial charge in [-0.25, -0.2) is 13.4 Å². The van der Waals surface area contributed by atoms with Crippen molar-refractivity contribution in [3.05, 3.63) is 34.1 Å². The van der Waals surface area contributed by atoms with Crippen LogP contribution < -0.4 is 10.0 Å². The van der Waals surface area contributed by atoms with Crippen LogP contribution in [0, 0.1) is 17.0 Å². The van der Waals surface area contributed by atoms with Gasteiger partial charge in [0.05, 0.1) is 10.6 Å². The summed E-state index contributed by atoms with van der Waals surface area (Å²) in [5.41, 5.74) is -0.0806. The first-order valence-corrected chi connectivity index (χ1v) is 7.88. The fourth-order valence-electron chi connectivity index (χ4n) is 1.57. The Labute approximate surface area is 124 Å². The topological polar surface area (TPSA) is 127 Å². The monoisotopic (exact) mass is 329 g/mol. The average molecular weight is 329 g/mol. The third-order valence-corrected chi connectivity index (χ3v) is 4.73. The van der Waals surface area contributed by atoms with Gasteiger partial charge in [-0.3, -0.25) is 14.8 Å². The molecule has 0 fully saturated rings. The Hall–Kier alpha value is -2.27. The zero-order valence-corrected chi connectivity index (χ0v) is 12.7. The Kier molecular flexibility index (Phi) is 4.04. The van der Waals surface area contributed by atoms with E-state index in [1.165, 1.54) is 13.1 Å². The van der Waals surface area contributed by atoms with Crippen molar-refractivity contribution in [2.24, 2.45) is 0 Å². The molecule has 0 atom stereocenters. The zero-order chi connectivity index (χ0) is 15.6. The summed E-state index contributed by atoms with van der Waals surface area (Å²) in [6, 6.07) is 3.45. The van der Waals surface area contributed by atoms with Crippen molar-refractivity contribution in [3.63, 3.8) is 0 Å². The zero-order valence-electron chi connectivity index (χ0n) is 11.0. The number of anilines is 2. The smallest absolute Gasteiger partial charge is 0.271 e. The molecule has 112 valence electrons. The highest BCUT2D eigenvalue weighted by molar-refractivity contribution is 7.93. The molecule has 2 N–H and O–H groups in total. The first-order valence-electron chi connectivity index (χ1n) is 5.63. The summed E-state index contributed by atoms with van der Waals surface area (Å²) in [5.74, 6) is 0.454. The van der Waals surface area contributed by atoms with Gasteiger partial charge in [-0.2, -0.15) is 4.37 Å². The quantitative estimate of drug-likeness (QED) is 0.630. The summed E-state index contributed by atoms with van der Waals surface area (Å²) < 4.78 is 30.7. The fourth-order valence-corrected chi connectivity index (χ4v) is 3.56. The molecule has 0 spiro atoms. The van der Waals surface area contributed by atoms with Crippen LogP contribution in [0.5, 0.6) is 0 Å². The number of hydrogen-bond acceptors (Lipinski definition) is 8. The van der Waals surface area contributed by atoms with Crippen molar-refractivity contribution < 1.29 is 13.3 Å². The predicted octanol–water partition coefficient (Wildman–Crippen LogP) is 1.60. The molecule has 0 aliphatic heterocycles. The van der Waals surface area contributed by atoms with Crippen LogP contribution in [0.1, 0.15) is 5.82 Å². The van der Waals surface area contributed by atoms with Gasteiger partial charge in [-0.1, -0.05) is 0 Å². The Morgan fingerprint density at radius 2 is 2.10 bits per heavy atom. The second-order valence-corrected chi connectivity index (χ2v) is 6.34. The molecule has 1 aromatic carbocycles. The number of nitro groups is 1. The summed E-state index contributed by atoms with van der Waals surface area (Å²) in [7, 11) is -2.43. The van der Waals surface area contributed by atoms with Gasteiger partial charge in [0.15, 0.2) is 0 Å². The highest BCUT2D eigenvalue weighted by atomic mass is 32.2. The van der Waals surface area contributed by atoms with Crippen molar-refractivity contribution in [1.82, 2.24) is 9.36 Å². The number of aromatic nitrogens is 2. The van der Waals surface area contributed by atoms with E-state index in [1.807, 2.05) is 0 Å². The molecule has 21 heavy (non-hydrogen) atoms. The summed E-state index contributed by atoms with van der Waals surface area (Å²) in [6.45, 7) is 1.64. The number of nitrogens with one attached hydrogen (secondary N) is 2. The van der Waals surface area contributed by atoms with Crippen LogP contribution in [-0.2, 0) is 10.0 Å². The summed E-state index contributed by atoms with van der Waals surface area (Å²) in [4.78, 5) is 13.9. The molecule has 9 nitrogen and oxygen atoms in total. The predicted molar refractivity (Wildman–Crippen MR) is 78.1 cm³/mol. The van der Waals surface area contributed by atoms with Crippen LogP contribution in [-0.4, -0.2) is 29.7 Å². The highest BCUT2D eigenvalue weighted by Gasteiger charge is 2.22. The number of aryl methyl sites for hydroxylation is 1. The number of sulfonamides is 1.